The zero-order chi connectivity index (χ0) is 21.9. The van der Waals surface area contributed by atoms with Gasteiger partial charge in [0.05, 0.1) is 0 Å². The molecule has 0 bridgehead atoms. The van der Waals surface area contributed by atoms with E-state index in [1.807, 2.05) is 12.1 Å². The standard InChI is InChI=1S/C12H17O3Si.3C4H9.Sn/c1-14-12(13)11-7-5-10(6-8-11)9-15-16(2,3)4;3*1-3-4-2;/h5-9H,1-4H3;3*1,3-4H2,2H3;. The molecular formula is C24H44O3SiSn. The number of methoxy groups -OCH3 is 1. The predicted molar refractivity (Wildman–Crippen MR) is 130 cm³/mol. The second kappa shape index (κ2) is 13.2. The molecule has 0 fully saturated rings. The number of carbonyl (C=O) groups is 1. The van der Waals surface area contributed by atoms with Crippen LogP contribution in [0, 0.1) is 0 Å². The van der Waals surface area contributed by atoms with Crippen molar-refractivity contribution < 1.29 is 14.0 Å². The quantitative estimate of drug-likeness (QED) is 0.183. The van der Waals surface area contributed by atoms with E-state index in [0.29, 0.717) is 9.68 Å². The van der Waals surface area contributed by atoms with E-state index in [-0.39, 0.29) is 5.97 Å². The molecule has 1 aromatic rings. The van der Waals surface area contributed by atoms with Crippen LogP contribution < -0.4 is 0 Å². The van der Waals surface area contributed by atoms with Crippen LogP contribution in [0.4, 0.5) is 0 Å². The Labute approximate surface area is 185 Å². The van der Waals surface area contributed by atoms with Crippen molar-refractivity contribution in [3.05, 3.63) is 35.4 Å². The molecular weight excluding hydrogens is 483 g/mol. The molecule has 0 aliphatic heterocycles. The molecule has 1 unspecified atom stereocenters. The fourth-order valence-corrected chi connectivity index (χ4v) is 26.4. The molecule has 166 valence electrons. The first-order chi connectivity index (χ1) is 13.7. The van der Waals surface area contributed by atoms with Gasteiger partial charge in [-0.05, 0) is 0 Å². The van der Waals surface area contributed by atoms with E-state index in [1.165, 1.54) is 64.5 Å². The van der Waals surface area contributed by atoms with E-state index >= 15 is 0 Å². The van der Waals surface area contributed by atoms with Gasteiger partial charge in [0.2, 0.25) is 0 Å². The summed E-state index contributed by atoms with van der Waals surface area (Å²) in [7, 11) is -0.272. The summed E-state index contributed by atoms with van der Waals surface area (Å²) in [5.74, 6) is -0.267. The molecule has 0 aliphatic rings. The fraction of sp³-hybridized carbons (Fsp3) is 0.708. The van der Waals surface area contributed by atoms with Crippen molar-refractivity contribution in [2.24, 2.45) is 0 Å². The van der Waals surface area contributed by atoms with Crippen molar-refractivity contribution in [2.75, 3.05) is 7.11 Å². The van der Waals surface area contributed by atoms with E-state index in [2.05, 4.69) is 52.5 Å². The maximum atomic E-state index is 11.9. The van der Waals surface area contributed by atoms with Gasteiger partial charge in [-0.3, -0.25) is 0 Å². The second-order valence-electron chi connectivity index (χ2n) is 9.40. The third-order valence-electron chi connectivity index (χ3n) is 5.75. The minimum atomic E-state index is -2.65. The molecule has 29 heavy (non-hydrogen) atoms. The van der Waals surface area contributed by atoms with E-state index in [0.717, 1.165) is 0 Å². The first-order valence-electron chi connectivity index (χ1n) is 11.6. The van der Waals surface area contributed by atoms with Crippen molar-refractivity contribution in [1.82, 2.24) is 0 Å². The van der Waals surface area contributed by atoms with Crippen LogP contribution in [0.1, 0.15) is 79.3 Å². The van der Waals surface area contributed by atoms with E-state index < -0.39 is 26.7 Å². The molecule has 0 amide bonds. The summed E-state index contributed by atoms with van der Waals surface area (Å²) in [4.78, 5) is 11.9. The topological polar surface area (TPSA) is 35.5 Å². The average molecular weight is 527 g/mol. The van der Waals surface area contributed by atoms with Crippen molar-refractivity contribution in [2.45, 2.75) is 96.4 Å². The van der Waals surface area contributed by atoms with Crippen LogP contribution in [-0.4, -0.2) is 39.8 Å². The molecule has 1 atom stereocenters. The van der Waals surface area contributed by atoms with Crippen LogP contribution in [0.25, 0.3) is 0 Å². The number of esters is 1. The molecule has 0 saturated heterocycles. The van der Waals surface area contributed by atoms with E-state index in [1.54, 1.807) is 0 Å². The van der Waals surface area contributed by atoms with Crippen molar-refractivity contribution in [1.29, 1.82) is 0 Å². The van der Waals surface area contributed by atoms with Crippen LogP contribution in [0.5, 0.6) is 0 Å². The van der Waals surface area contributed by atoms with Gasteiger partial charge in [0.15, 0.2) is 0 Å². The number of ether oxygens (including phenoxy) is 1. The molecule has 0 heterocycles. The van der Waals surface area contributed by atoms with Crippen molar-refractivity contribution >= 4 is 32.7 Å². The number of benzene rings is 1. The van der Waals surface area contributed by atoms with E-state index in [4.69, 9.17) is 9.16 Å². The van der Waals surface area contributed by atoms with Crippen LogP contribution in [0.2, 0.25) is 33.0 Å². The van der Waals surface area contributed by atoms with Gasteiger partial charge >= 0.3 is 185 Å². The summed E-state index contributed by atoms with van der Waals surface area (Å²) in [5.41, 5.74) is 1.93. The number of carbonyl (C=O) groups excluding carboxylic acids is 1. The third kappa shape index (κ3) is 8.74. The van der Waals surface area contributed by atoms with Crippen LogP contribution in [0.3, 0.4) is 0 Å². The summed E-state index contributed by atoms with van der Waals surface area (Å²) >= 11 is -2.65. The monoisotopic (exact) mass is 528 g/mol. The van der Waals surface area contributed by atoms with Gasteiger partial charge < -0.3 is 0 Å². The van der Waals surface area contributed by atoms with E-state index in [9.17, 15) is 4.79 Å². The Kier molecular flexibility index (Phi) is 12.1. The van der Waals surface area contributed by atoms with Gasteiger partial charge in [-0.15, -0.1) is 0 Å². The summed E-state index contributed by atoms with van der Waals surface area (Å²) in [6, 6.07) is 8.15. The molecule has 1 aromatic carbocycles. The zero-order valence-electron chi connectivity index (χ0n) is 20.0. The first kappa shape index (κ1) is 26.7. The van der Waals surface area contributed by atoms with Gasteiger partial charge in [-0.1, -0.05) is 0 Å². The van der Waals surface area contributed by atoms with Gasteiger partial charge in [-0.25, -0.2) is 0 Å². The Morgan fingerprint density at radius 1 is 0.897 bits per heavy atom. The summed E-state index contributed by atoms with van der Waals surface area (Å²) < 4.78 is 16.5. The molecule has 1 rings (SSSR count). The zero-order valence-corrected chi connectivity index (χ0v) is 23.8. The Bertz CT molecular complexity index is 573. The Hall–Kier alpha value is -0.334. The minimum absolute atomic E-state index is 0.267. The molecule has 0 saturated carbocycles. The SMILES string of the molecule is CCC[CH2][Sn]([CH2]CCC)([CH2]CCC)[CH](O[Si](C)(C)C)c1ccc(C(=O)OC)cc1. The molecule has 0 aliphatic carbocycles. The summed E-state index contributed by atoms with van der Waals surface area (Å²) in [6.45, 7) is 13.9. The van der Waals surface area contributed by atoms with Gasteiger partial charge in [-0.2, -0.15) is 0 Å². The van der Waals surface area contributed by atoms with Crippen LogP contribution in [-0.2, 0) is 9.16 Å². The van der Waals surface area contributed by atoms with Gasteiger partial charge in [0, 0.05) is 0 Å². The van der Waals surface area contributed by atoms with Gasteiger partial charge in [0.1, 0.15) is 0 Å². The Morgan fingerprint density at radius 3 is 1.69 bits per heavy atom. The Morgan fingerprint density at radius 2 is 1.34 bits per heavy atom. The number of rotatable bonds is 14. The predicted octanol–water partition coefficient (Wildman–Crippen LogP) is 7.75. The average Bonchev–Trinajstić information content (AvgIpc) is 2.71. The maximum absolute atomic E-state index is 11.9. The molecule has 0 spiro atoms. The Balaban J connectivity index is 3.43. The van der Waals surface area contributed by atoms with Crippen molar-refractivity contribution in [3.63, 3.8) is 0 Å². The molecule has 0 radical (unpaired) electrons. The molecule has 0 aromatic heterocycles. The number of hydrogen-bond acceptors (Lipinski definition) is 3. The molecule has 5 heteroatoms. The van der Waals surface area contributed by atoms with Crippen LogP contribution in [0.15, 0.2) is 24.3 Å². The molecule has 3 nitrogen and oxygen atoms in total. The summed E-state index contributed by atoms with van der Waals surface area (Å²) in [6.07, 6.45) is 7.77. The number of hydrogen-bond donors (Lipinski definition) is 0. The normalized spacial score (nSPS) is 13.3. The summed E-state index contributed by atoms with van der Waals surface area (Å²) in [5, 5.41) is 0. The molecule has 0 N–H and O–H groups in total. The van der Waals surface area contributed by atoms with Crippen molar-refractivity contribution in [3.8, 4) is 0 Å². The second-order valence-corrected chi connectivity index (χ2v) is 27.4. The fourth-order valence-electron chi connectivity index (χ4n) is 4.17. The number of unbranched alkanes of at least 4 members (excludes halogenated alkanes) is 3. The van der Waals surface area contributed by atoms with Gasteiger partial charge in [0.25, 0.3) is 0 Å². The van der Waals surface area contributed by atoms with Crippen LogP contribution >= 0.6 is 0 Å². The third-order valence-corrected chi connectivity index (χ3v) is 23.4. The first-order valence-corrected chi connectivity index (χ1v) is 22.7.